The zero-order valence-corrected chi connectivity index (χ0v) is 24.7. The largest absolute Gasteiger partial charge is 0.476 e. The number of piperazine rings is 1. The Kier molecular flexibility index (Phi) is 9.15. The number of nitriles is 1. The summed E-state index contributed by atoms with van der Waals surface area (Å²) in [6, 6.07) is 9.22. The zero-order chi connectivity index (χ0) is 30.7. The molecule has 43 heavy (non-hydrogen) atoms. The van der Waals surface area contributed by atoms with E-state index in [-0.39, 0.29) is 57.1 Å². The number of ether oxygens (including phenoxy) is 1. The van der Waals surface area contributed by atoms with Crippen molar-refractivity contribution in [3.63, 3.8) is 0 Å². The molecule has 2 N–H and O–H groups in total. The highest BCUT2D eigenvalue weighted by atomic mass is 35.5. The third-order valence-electron chi connectivity index (χ3n) is 7.55. The fourth-order valence-corrected chi connectivity index (χ4v) is 5.71. The van der Waals surface area contributed by atoms with Gasteiger partial charge in [-0.25, -0.2) is 9.37 Å². The highest BCUT2D eigenvalue weighted by Gasteiger charge is 2.31. The predicted molar refractivity (Wildman–Crippen MR) is 158 cm³/mol. The summed E-state index contributed by atoms with van der Waals surface area (Å²) in [5.74, 6) is -1.66. The summed E-state index contributed by atoms with van der Waals surface area (Å²) in [5.41, 5.74) is 1.29. The lowest BCUT2D eigenvalue weighted by Crippen LogP contribution is -2.52. The van der Waals surface area contributed by atoms with E-state index in [4.69, 9.17) is 33.2 Å². The van der Waals surface area contributed by atoms with Gasteiger partial charge in [0.05, 0.1) is 33.4 Å². The molecule has 224 valence electrons. The van der Waals surface area contributed by atoms with Gasteiger partial charge < -0.3 is 29.7 Å². The fraction of sp³-hybridized carbons (Fsp3) is 0.345. The minimum absolute atomic E-state index is 0.0000287. The summed E-state index contributed by atoms with van der Waals surface area (Å²) in [4.78, 5) is 46.6. The zero-order valence-electron chi connectivity index (χ0n) is 23.2. The lowest BCUT2D eigenvalue weighted by molar-refractivity contribution is -0.136. The van der Waals surface area contributed by atoms with Gasteiger partial charge in [-0.05, 0) is 43.3 Å². The second-order valence-electron chi connectivity index (χ2n) is 10.2. The van der Waals surface area contributed by atoms with Crippen molar-refractivity contribution >= 4 is 46.6 Å². The molecular weight excluding hydrogens is 600 g/mol. The van der Waals surface area contributed by atoms with E-state index >= 15 is 0 Å². The summed E-state index contributed by atoms with van der Waals surface area (Å²) in [6.07, 6.45) is 2.22. The van der Waals surface area contributed by atoms with Crippen LogP contribution in [0.2, 0.25) is 10.0 Å². The number of carbonyl (C=O) groups excluding carboxylic acids is 3. The average molecular weight is 628 g/mol. The smallest absolute Gasteiger partial charge is 0.291 e. The molecule has 1 aromatic heterocycles. The van der Waals surface area contributed by atoms with Crippen molar-refractivity contribution in [2.24, 2.45) is 13.0 Å². The predicted octanol–water partition coefficient (Wildman–Crippen LogP) is 3.58. The molecule has 2 aliphatic rings. The first-order valence-electron chi connectivity index (χ1n) is 13.6. The highest BCUT2D eigenvalue weighted by molar-refractivity contribution is 6.34. The number of amides is 3. The molecule has 3 aromatic rings. The van der Waals surface area contributed by atoms with Gasteiger partial charge in [-0.15, -0.1) is 0 Å². The Hall–Kier alpha value is -4.18. The molecule has 5 rings (SSSR count). The summed E-state index contributed by atoms with van der Waals surface area (Å²) < 4.78 is 21.2. The van der Waals surface area contributed by atoms with Crippen LogP contribution in [-0.4, -0.2) is 82.9 Å². The van der Waals surface area contributed by atoms with E-state index in [0.29, 0.717) is 44.1 Å². The minimum Gasteiger partial charge on any atom is -0.476 e. The van der Waals surface area contributed by atoms with Crippen LogP contribution in [0.25, 0.3) is 11.3 Å². The van der Waals surface area contributed by atoms with E-state index in [2.05, 4.69) is 15.6 Å². The molecule has 2 saturated heterocycles. The molecule has 0 radical (unpaired) electrons. The first-order chi connectivity index (χ1) is 20.7. The van der Waals surface area contributed by atoms with Gasteiger partial charge in [0.2, 0.25) is 5.91 Å². The van der Waals surface area contributed by atoms with Crippen LogP contribution in [0.3, 0.4) is 0 Å². The molecule has 2 fully saturated rings. The number of hydrogen-bond donors (Lipinski definition) is 2. The Morgan fingerprint density at radius 2 is 1.91 bits per heavy atom. The first kappa shape index (κ1) is 30.3. The number of aromatic nitrogens is 2. The standard InChI is InChI=1S/C29H28Cl2FN7O4/c1-37-22(20-4-5-23(43-13-7-33)25(32)24(20)31)16-35-26(37)27(40)36-18-2-3-19(21(30)14-18)29(42)39-11-9-38(10-12-39)28(41)17-6-8-34-15-17/h2-5,14,16-17,34H,6,8-13,15H2,1H3,(H,36,40). The van der Waals surface area contributed by atoms with Crippen molar-refractivity contribution in [2.45, 2.75) is 6.42 Å². The fourth-order valence-electron chi connectivity index (χ4n) is 5.20. The first-order valence-corrected chi connectivity index (χ1v) is 14.3. The Morgan fingerprint density at radius 1 is 1.16 bits per heavy atom. The lowest BCUT2D eigenvalue weighted by atomic mass is 10.1. The molecule has 0 bridgehead atoms. The molecule has 1 unspecified atom stereocenters. The topological polar surface area (TPSA) is 133 Å². The van der Waals surface area contributed by atoms with Crippen molar-refractivity contribution in [1.82, 2.24) is 24.7 Å². The molecule has 0 saturated carbocycles. The molecule has 2 aromatic carbocycles. The monoisotopic (exact) mass is 627 g/mol. The van der Waals surface area contributed by atoms with E-state index in [1.54, 1.807) is 30.1 Å². The van der Waals surface area contributed by atoms with Gasteiger partial charge in [0.1, 0.15) is 6.07 Å². The van der Waals surface area contributed by atoms with Crippen LogP contribution in [-0.2, 0) is 11.8 Å². The highest BCUT2D eigenvalue weighted by Crippen LogP contribution is 2.35. The van der Waals surface area contributed by atoms with Gasteiger partial charge in [0.25, 0.3) is 11.8 Å². The quantitative estimate of drug-likeness (QED) is 0.409. The Balaban J connectivity index is 1.23. The molecule has 2 aliphatic heterocycles. The van der Waals surface area contributed by atoms with Crippen molar-refractivity contribution in [2.75, 3.05) is 51.2 Å². The Bertz CT molecular complexity index is 1610. The van der Waals surface area contributed by atoms with E-state index < -0.39 is 11.7 Å². The number of benzene rings is 2. The molecule has 14 heteroatoms. The number of nitrogens with one attached hydrogen (secondary N) is 2. The third-order valence-corrected chi connectivity index (χ3v) is 8.23. The van der Waals surface area contributed by atoms with Gasteiger partial charge in [-0.2, -0.15) is 5.26 Å². The molecule has 3 heterocycles. The van der Waals surface area contributed by atoms with Crippen LogP contribution in [0.5, 0.6) is 5.75 Å². The minimum atomic E-state index is -0.831. The number of carbonyl (C=O) groups is 3. The van der Waals surface area contributed by atoms with Gasteiger partial charge in [-0.1, -0.05) is 23.2 Å². The number of imidazole rings is 1. The summed E-state index contributed by atoms with van der Waals surface area (Å²) >= 11 is 12.7. The molecule has 0 aliphatic carbocycles. The van der Waals surface area contributed by atoms with E-state index in [1.165, 1.54) is 29.0 Å². The van der Waals surface area contributed by atoms with Gasteiger partial charge >= 0.3 is 0 Å². The van der Waals surface area contributed by atoms with Crippen molar-refractivity contribution in [1.29, 1.82) is 5.26 Å². The second-order valence-corrected chi connectivity index (χ2v) is 11.0. The SMILES string of the molecule is Cn1c(-c2ccc(OCC#N)c(F)c2Cl)cnc1C(=O)Nc1ccc(C(=O)N2CCN(C(=O)C3CCNC3)CC2)c(Cl)c1. The maximum atomic E-state index is 14.7. The molecule has 3 amide bonds. The van der Waals surface area contributed by atoms with Crippen molar-refractivity contribution in [3.8, 4) is 23.1 Å². The molecule has 0 spiro atoms. The molecule has 11 nitrogen and oxygen atoms in total. The number of nitrogens with zero attached hydrogens (tertiary/aromatic N) is 5. The van der Waals surface area contributed by atoms with E-state index in [9.17, 15) is 18.8 Å². The van der Waals surface area contributed by atoms with E-state index in [1.807, 2.05) is 4.90 Å². The van der Waals surface area contributed by atoms with Crippen LogP contribution in [0.4, 0.5) is 10.1 Å². The van der Waals surface area contributed by atoms with Crippen molar-refractivity contribution in [3.05, 3.63) is 63.8 Å². The van der Waals surface area contributed by atoms with Crippen LogP contribution < -0.4 is 15.4 Å². The van der Waals surface area contributed by atoms with Crippen LogP contribution >= 0.6 is 23.2 Å². The number of halogens is 3. The normalized spacial score (nSPS) is 16.6. The summed E-state index contributed by atoms with van der Waals surface area (Å²) in [7, 11) is 1.58. The number of rotatable bonds is 7. The average Bonchev–Trinajstić information content (AvgIpc) is 3.68. The number of hydrogen-bond acceptors (Lipinski definition) is 7. The second kappa shape index (κ2) is 13.0. The lowest BCUT2D eigenvalue weighted by Gasteiger charge is -2.36. The van der Waals surface area contributed by atoms with Gasteiger partial charge in [-0.3, -0.25) is 14.4 Å². The van der Waals surface area contributed by atoms with Gasteiger partial charge in [0.15, 0.2) is 24.0 Å². The molecular formula is C29H28Cl2FN7O4. The van der Waals surface area contributed by atoms with E-state index in [0.717, 1.165) is 13.0 Å². The maximum absolute atomic E-state index is 14.7. The van der Waals surface area contributed by atoms with Crippen molar-refractivity contribution < 1.29 is 23.5 Å². The summed E-state index contributed by atoms with van der Waals surface area (Å²) in [5, 5.41) is 14.5. The van der Waals surface area contributed by atoms with Crippen LogP contribution in [0.15, 0.2) is 36.5 Å². The Labute approximate surface area is 257 Å². The molecule has 1 atom stereocenters. The van der Waals surface area contributed by atoms with Crippen LogP contribution in [0, 0.1) is 23.1 Å². The van der Waals surface area contributed by atoms with Gasteiger partial charge in [0, 0.05) is 51.0 Å². The Morgan fingerprint density at radius 3 is 2.58 bits per heavy atom. The van der Waals surface area contributed by atoms with Crippen LogP contribution in [0.1, 0.15) is 27.4 Å². The maximum Gasteiger partial charge on any atom is 0.291 e. The third kappa shape index (κ3) is 6.29. The number of anilines is 1. The summed E-state index contributed by atoms with van der Waals surface area (Å²) in [6.45, 7) is 2.96.